The third-order valence-corrected chi connectivity index (χ3v) is 8.17. The van der Waals surface area contributed by atoms with Crippen LogP contribution in [0.5, 0.6) is 0 Å². The molecule has 2 atom stereocenters. The molecule has 1 aliphatic heterocycles. The topological polar surface area (TPSA) is 139 Å². The van der Waals surface area contributed by atoms with Crippen LogP contribution in [0, 0.1) is 6.92 Å². The molecule has 2 N–H and O–H groups in total. The number of carbonyl (C=O) groups excluding carboxylic acids is 1. The molecule has 1 amide bonds. The second kappa shape index (κ2) is 11.7. The molecule has 4 aromatic rings. The SMILES string of the molecule is Cc1cc([C@@H](C)Nc2ccc(Cl)nc2C(=O)NS(C)(=O)=O)c2nc(N3CCC[C@@H](c4ccncc4)C3)n(C)c(=O)c2c1. The fourth-order valence-electron chi connectivity index (χ4n) is 5.47. The van der Waals surface area contributed by atoms with E-state index in [2.05, 4.69) is 20.2 Å². The highest BCUT2D eigenvalue weighted by Gasteiger charge is 2.26. The summed E-state index contributed by atoms with van der Waals surface area (Å²) in [5.74, 6) is -0.0294. The summed E-state index contributed by atoms with van der Waals surface area (Å²) in [6.45, 7) is 5.28. The summed E-state index contributed by atoms with van der Waals surface area (Å²) in [6, 6.07) is 10.5. The maximum absolute atomic E-state index is 13.7. The van der Waals surface area contributed by atoms with E-state index in [0.29, 0.717) is 22.8 Å². The average Bonchev–Trinajstić information content (AvgIpc) is 2.95. The fourth-order valence-corrected chi connectivity index (χ4v) is 6.05. The summed E-state index contributed by atoms with van der Waals surface area (Å²) in [5.41, 5.74) is 3.34. The minimum Gasteiger partial charge on any atom is -0.377 e. The number of benzene rings is 1. The van der Waals surface area contributed by atoms with Gasteiger partial charge in [-0.25, -0.2) is 23.1 Å². The Balaban J connectivity index is 1.54. The van der Waals surface area contributed by atoms with Crippen molar-refractivity contribution in [3.05, 3.63) is 86.7 Å². The number of fused-ring (bicyclic) bond motifs is 1. The van der Waals surface area contributed by atoms with Crippen LogP contribution >= 0.6 is 11.6 Å². The van der Waals surface area contributed by atoms with Crippen LogP contribution in [-0.2, 0) is 17.1 Å². The van der Waals surface area contributed by atoms with E-state index in [4.69, 9.17) is 16.6 Å². The first-order valence-electron chi connectivity index (χ1n) is 13.5. The average molecular weight is 610 g/mol. The lowest BCUT2D eigenvalue weighted by atomic mass is 9.91. The third kappa shape index (κ3) is 6.24. The fraction of sp³-hybridized carbons (Fsp3) is 0.345. The number of sulfonamides is 1. The Labute approximate surface area is 249 Å². The Morgan fingerprint density at radius 3 is 2.60 bits per heavy atom. The molecule has 1 fully saturated rings. The second-order valence-corrected chi connectivity index (χ2v) is 12.8. The molecular formula is C29H32ClN7O4S. The van der Waals surface area contributed by atoms with Crippen molar-refractivity contribution in [3.63, 3.8) is 0 Å². The van der Waals surface area contributed by atoms with E-state index < -0.39 is 22.0 Å². The molecule has 0 saturated carbocycles. The molecule has 3 aromatic heterocycles. The van der Waals surface area contributed by atoms with Gasteiger partial charge >= 0.3 is 0 Å². The molecule has 4 heterocycles. The first-order valence-corrected chi connectivity index (χ1v) is 15.8. The van der Waals surface area contributed by atoms with Crippen molar-refractivity contribution in [1.29, 1.82) is 0 Å². The lowest BCUT2D eigenvalue weighted by Gasteiger charge is -2.34. The normalized spacial score (nSPS) is 16.3. The van der Waals surface area contributed by atoms with Gasteiger partial charge in [-0.15, -0.1) is 0 Å². The minimum absolute atomic E-state index is 0.0364. The van der Waals surface area contributed by atoms with Gasteiger partial charge in [0.25, 0.3) is 11.5 Å². The molecule has 11 nitrogen and oxygen atoms in total. The number of pyridine rings is 2. The van der Waals surface area contributed by atoms with Gasteiger partial charge in [-0.3, -0.25) is 19.1 Å². The number of aryl methyl sites for hydroxylation is 1. The monoisotopic (exact) mass is 609 g/mol. The van der Waals surface area contributed by atoms with Crippen LogP contribution < -0.4 is 20.5 Å². The smallest absolute Gasteiger partial charge is 0.285 e. The minimum atomic E-state index is -3.83. The number of aromatic nitrogens is 4. The third-order valence-electron chi connectivity index (χ3n) is 7.41. The number of rotatable bonds is 7. The van der Waals surface area contributed by atoms with Gasteiger partial charge in [-0.05, 0) is 68.1 Å². The molecule has 42 heavy (non-hydrogen) atoms. The van der Waals surface area contributed by atoms with Gasteiger partial charge in [0.15, 0.2) is 5.69 Å². The number of piperidine rings is 1. The van der Waals surface area contributed by atoms with Crippen LogP contribution in [0.3, 0.4) is 0 Å². The summed E-state index contributed by atoms with van der Waals surface area (Å²) in [6.07, 6.45) is 6.48. The Hall–Kier alpha value is -4.03. The van der Waals surface area contributed by atoms with Crippen molar-refractivity contribution < 1.29 is 13.2 Å². The van der Waals surface area contributed by atoms with Gasteiger partial charge in [-0.1, -0.05) is 17.7 Å². The van der Waals surface area contributed by atoms with Crippen molar-refractivity contribution in [2.45, 2.75) is 38.6 Å². The van der Waals surface area contributed by atoms with Crippen LogP contribution in [0.25, 0.3) is 10.9 Å². The number of hydrogen-bond donors (Lipinski definition) is 2. The van der Waals surface area contributed by atoms with E-state index in [-0.39, 0.29) is 22.1 Å². The van der Waals surface area contributed by atoms with Crippen molar-refractivity contribution in [2.24, 2.45) is 7.05 Å². The van der Waals surface area contributed by atoms with Gasteiger partial charge < -0.3 is 10.2 Å². The Bertz CT molecular complexity index is 1830. The summed E-state index contributed by atoms with van der Waals surface area (Å²) in [4.78, 5) is 41.8. The van der Waals surface area contributed by atoms with Crippen LogP contribution in [0.2, 0.25) is 5.15 Å². The predicted molar refractivity (Wildman–Crippen MR) is 164 cm³/mol. The number of halogens is 1. The Kier molecular flexibility index (Phi) is 8.20. The Morgan fingerprint density at radius 2 is 1.88 bits per heavy atom. The number of nitrogens with one attached hydrogen (secondary N) is 2. The molecular weight excluding hydrogens is 578 g/mol. The van der Waals surface area contributed by atoms with E-state index in [0.717, 1.165) is 43.3 Å². The number of amides is 1. The van der Waals surface area contributed by atoms with E-state index in [1.165, 1.54) is 11.6 Å². The lowest BCUT2D eigenvalue weighted by Crippen LogP contribution is -2.38. The van der Waals surface area contributed by atoms with E-state index in [1.54, 1.807) is 30.1 Å². The number of carbonyl (C=O) groups is 1. The largest absolute Gasteiger partial charge is 0.377 e. The summed E-state index contributed by atoms with van der Waals surface area (Å²) in [7, 11) is -2.08. The predicted octanol–water partition coefficient (Wildman–Crippen LogP) is 3.93. The zero-order chi connectivity index (χ0) is 30.2. The number of anilines is 2. The van der Waals surface area contributed by atoms with Crippen LogP contribution in [0.4, 0.5) is 11.6 Å². The van der Waals surface area contributed by atoms with E-state index in [1.807, 2.05) is 42.8 Å². The van der Waals surface area contributed by atoms with Gasteiger partial charge in [0.1, 0.15) is 5.15 Å². The molecule has 0 aliphatic carbocycles. The number of nitrogens with zero attached hydrogens (tertiary/aromatic N) is 5. The molecule has 13 heteroatoms. The van der Waals surface area contributed by atoms with Crippen molar-refractivity contribution in [3.8, 4) is 0 Å². The van der Waals surface area contributed by atoms with Crippen LogP contribution in [0.1, 0.15) is 58.9 Å². The van der Waals surface area contributed by atoms with Gasteiger partial charge in [-0.2, -0.15) is 0 Å². The number of hydrogen-bond acceptors (Lipinski definition) is 9. The van der Waals surface area contributed by atoms with Crippen molar-refractivity contribution >= 4 is 50.1 Å². The first-order chi connectivity index (χ1) is 19.9. The lowest BCUT2D eigenvalue weighted by molar-refractivity contribution is 0.0977. The first kappa shape index (κ1) is 29.5. The van der Waals surface area contributed by atoms with Crippen LogP contribution in [0.15, 0.2) is 53.6 Å². The van der Waals surface area contributed by atoms with Crippen molar-refractivity contribution in [1.82, 2.24) is 24.2 Å². The van der Waals surface area contributed by atoms with E-state index in [9.17, 15) is 18.0 Å². The summed E-state index contributed by atoms with van der Waals surface area (Å²) in [5, 5.41) is 3.78. The highest BCUT2D eigenvalue weighted by atomic mass is 35.5. The summed E-state index contributed by atoms with van der Waals surface area (Å²) >= 11 is 6.03. The quantitative estimate of drug-likeness (QED) is 0.298. The highest BCUT2D eigenvalue weighted by Crippen LogP contribution is 2.32. The second-order valence-electron chi connectivity index (χ2n) is 10.7. The molecule has 0 bridgehead atoms. The molecule has 1 aliphatic rings. The van der Waals surface area contributed by atoms with Gasteiger partial charge in [0, 0.05) is 44.0 Å². The molecule has 220 valence electrons. The molecule has 0 unspecified atom stereocenters. The summed E-state index contributed by atoms with van der Waals surface area (Å²) < 4.78 is 26.9. The zero-order valence-corrected chi connectivity index (χ0v) is 25.3. The maximum Gasteiger partial charge on any atom is 0.285 e. The molecule has 5 rings (SSSR count). The molecule has 1 aromatic carbocycles. The highest BCUT2D eigenvalue weighted by molar-refractivity contribution is 7.89. The molecule has 1 saturated heterocycles. The van der Waals surface area contributed by atoms with Gasteiger partial charge in [0.05, 0.1) is 28.9 Å². The molecule has 0 radical (unpaired) electrons. The van der Waals surface area contributed by atoms with E-state index >= 15 is 0 Å². The van der Waals surface area contributed by atoms with Crippen LogP contribution in [-0.4, -0.2) is 53.2 Å². The maximum atomic E-state index is 13.7. The van der Waals surface area contributed by atoms with Gasteiger partial charge in [0.2, 0.25) is 16.0 Å². The van der Waals surface area contributed by atoms with Crippen molar-refractivity contribution in [2.75, 3.05) is 29.6 Å². The standard InChI is InChI=1S/C29H32ClN7O4S/c1-17-14-21(18(2)32-23-7-8-24(30)33-26(23)27(38)35-42(4,40)41)25-22(15-17)28(39)36(3)29(34-25)37-13-5-6-20(16-37)19-9-11-31-12-10-19/h7-12,14-15,18,20,32H,5-6,13,16H2,1-4H3,(H,35,38)/t18-,20-/m1/s1. The molecule has 0 spiro atoms. The zero-order valence-electron chi connectivity index (χ0n) is 23.8. The Morgan fingerprint density at radius 1 is 1.14 bits per heavy atom.